The van der Waals surface area contributed by atoms with Crippen LogP contribution in [0.5, 0.6) is 0 Å². The highest BCUT2D eigenvalue weighted by Gasteiger charge is 2.03. The summed E-state index contributed by atoms with van der Waals surface area (Å²) in [6.07, 6.45) is 6.59. The molecule has 1 aromatic carbocycles. The van der Waals surface area contributed by atoms with E-state index < -0.39 is 0 Å². The smallest absolute Gasteiger partial charge is 0.315 e. The second-order valence-corrected chi connectivity index (χ2v) is 6.16. The zero-order valence-corrected chi connectivity index (χ0v) is 14.2. The van der Waals surface area contributed by atoms with Gasteiger partial charge in [0.05, 0.1) is 0 Å². The number of fused-ring (bicyclic) bond motifs is 2. The maximum Gasteiger partial charge on any atom is 0.315 e. The highest BCUT2D eigenvalue weighted by molar-refractivity contribution is 5.74. The van der Waals surface area contributed by atoms with Crippen molar-refractivity contribution in [2.75, 3.05) is 13.1 Å². The Morgan fingerprint density at radius 3 is 1.58 bits per heavy atom. The van der Waals surface area contributed by atoms with Gasteiger partial charge in [0.25, 0.3) is 0 Å². The Bertz CT molecular complexity index is 490. The summed E-state index contributed by atoms with van der Waals surface area (Å²) in [5.74, 6) is 0. The lowest BCUT2D eigenvalue weighted by Crippen LogP contribution is -2.36. The molecule has 4 N–H and O–H groups in total. The van der Waals surface area contributed by atoms with Crippen LogP contribution in [0.3, 0.4) is 0 Å². The third-order valence-electron chi connectivity index (χ3n) is 4.07. The standard InChI is InChI=1S/C18H28N4O2/c23-17-19-10-5-3-1-2-4-6-11-20-18(24)22-14-16-9-7-8-15(12-16)13-21-17/h7-9,12H,1-6,10-11,13-14H2,(H2,19,21,23)(H2,20,22,24). The van der Waals surface area contributed by atoms with Crippen LogP contribution in [0.1, 0.15) is 49.7 Å². The zero-order chi connectivity index (χ0) is 17.0. The van der Waals surface area contributed by atoms with Gasteiger partial charge < -0.3 is 21.3 Å². The molecule has 0 saturated carbocycles. The van der Waals surface area contributed by atoms with Crippen LogP contribution in [0, 0.1) is 0 Å². The molecule has 0 radical (unpaired) electrons. The third kappa shape index (κ3) is 7.35. The van der Waals surface area contributed by atoms with E-state index in [-0.39, 0.29) is 12.1 Å². The van der Waals surface area contributed by atoms with E-state index in [2.05, 4.69) is 21.3 Å². The molecule has 2 bridgehead atoms. The quantitative estimate of drug-likeness (QED) is 0.589. The Kier molecular flexibility index (Phi) is 7.93. The van der Waals surface area contributed by atoms with Crippen LogP contribution in [0.4, 0.5) is 9.59 Å². The molecule has 1 heterocycles. The summed E-state index contributed by atoms with van der Waals surface area (Å²) in [4.78, 5) is 23.5. The van der Waals surface area contributed by atoms with Crippen molar-refractivity contribution in [3.05, 3.63) is 35.4 Å². The number of hydrogen-bond donors (Lipinski definition) is 4. The van der Waals surface area contributed by atoms with Crippen molar-refractivity contribution in [2.24, 2.45) is 0 Å². The SMILES string of the molecule is O=C1NCCCCCCCCNC(=O)NCc2cccc(c2)CN1. The van der Waals surface area contributed by atoms with E-state index in [1.165, 1.54) is 12.8 Å². The van der Waals surface area contributed by atoms with E-state index in [0.717, 1.165) is 36.8 Å². The summed E-state index contributed by atoms with van der Waals surface area (Å²) in [5.41, 5.74) is 2.03. The van der Waals surface area contributed by atoms with Crippen molar-refractivity contribution in [3.63, 3.8) is 0 Å². The summed E-state index contributed by atoms with van der Waals surface area (Å²) < 4.78 is 0. The number of rotatable bonds is 0. The fraction of sp³-hybridized carbons (Fsp3) is 0.556. The summed E-state index contributed by atoms with van der Waals surface area (Å²) >= 11 is 0. The second kappa shape index (κ2) is 10.5. The van der Waals surface area contributed by atoms with Crippen LogP contribution >= 0.6 is 0 Å². The molecule has 6 nitrogen and oxygen atoms in total. The number of hydrogen-bond acceptors (Lipinski definition) is 2. The molecular weight excluding hydrogens is 304 g/mol. The summed E-state index contributed by atoms with van der Waals surface area (Å²) in [6.45, 7) is 2.38. The summed E-state index contributed by atoms with van der Waals surface area (Å²) in [7, 11) is 0. The summed E-state index contributed by atoms with van der Waals surface area (Å²) in [6, 6.07) is 7.60. The average Bonchev–Trinajstić information content (AvgIpc) is 2.59. The first kappa shape index (κ1) is 18.1. The minimum Gasteiger partial charge on any atom is -0.338 e. The molecule has 0 fully saturated rings. The highest BCUT2D eigenvalue weighted by Crippen LogP contribution is 2.06. The molecule has 0 aromatic heterocycles. The Morgan fingerprint density at radius 2 is 1.08 bits per heavy atom. The molecule has 0 unspecified atom stereocenters. The van der Waals surface area contributed by atoms with Crippen molar-refractivity contribution in [2.45, 2.75) is 51.6 Å². The minimum atomic E-state index is -0.129. The fourth-order valence-corrected chi connectivity index (χ4v) is 2.70. The normalized spacial score (nSPS) is 18.7. The van der Waals surface area contributed by atoms with Crippen LogP contribution in [0.2, 0.25) is 0 Å². The van der Waals surface area contributed by atoms with Gasteiger partial charge in [-0.3, -0.25) is 0 Å². The maximum atomic E-state index is 11.8. The van der Waals surface area contributed by atoms with Crippen molar-refractivity contribution >= 4 is 12.1 Å². The highest BCUT2D eigenvalue weighted by atomic mass is 16.2. The summed E-state index contributed by atoms with van der Waals surface area (Å²) in [5, 5.41) is 11.5. The van der Waals surface area contributed by atoms with Gasteiger partial charge in [0.2, 0.25) is 0 Å². The molecule has 24 heavy (non-hydrogen) atoms. The largest absolute Gasteiger partial charge is 0.338 e. The van der Waals surface area contributed by atoms with Crippen LogP contribution in [-0.2, 0) is 13.1 Å². The van der Waals surface area contributed by atoms with Crippen molar-refractivity contribution in [1.82, 2.24) is 21.3 Å². The third-order valence-corrected chi connectivity index (χ3v) is 4.07. The number of urea groups is 2. The van der Waals surface area contributed by atoms with E-state index >= 15 is 0 Å². The van der Waals surface area contributed by atoms with Crippen LogP contribution in [0.25, 0.3) is 0 Å². The number of amides is 4. The molecule has 132 valence electrons. The molecule has 2 rings (SSSR count). The topological polar surface area (TPSA) is 82.3 Å². The van der Waals surface area contributed by atoms with Gasteiger partial charge in [-0.05, 0) is 24.0 Å². The van der Waals surface area contributed by atoms with E-state index in [1.54, 1.807) is 0 Å². The molecule has 0 aliphatic carbocycles. The Morgan fingerprint density at radius 1 is 0.625 bits per heavy atom. The number of carbonyl (C=O) groups excluding carboxylic acids is 2. The van der Waals surface area contributed by atoms with Crippen LogP contribution in [0.15, 0.2) is 24.3 Å². The van der Waals surface area contributed by atoms with Gasteiger partial charge in [-0.15, -0.1) is 0 Å². The molecule has 1 aliphatic heterocycles. The van der Waals surface area contributed by atoms with Gasteiger partial charge in [-0.2, -0.15) is 0 Å². The van der Waals surface area contributed by atoms with E-state index in [0.29, 0.717) is 26.2 Å². The molecule has 1 aromatic rings. The average molecular weight is 332 g/mol. The number of nitrogens with one attached hydrogen (secondary N) is 4. The van der Waals surface area contributed by atoms with E-state index in [1.807, 2.05) is 24.3 Å². The van der Waals surface area contributed by atoms with E-state index in [9.17, 15) is 9.59 Å². The lowest BCUT2D eigenvalue weighted by molar-refractivity contribution is 0.239. The lowest BCUT2D eigenvalue weighted by atomic mass is 10.1. The molecule has 4 amide bonds. The predicted octanol–water partition coefficient (Wildman–Crippen LogP) is 2.64. The number of carbonyl (C=O) groups is 2. The maximum absolute atomic E-state index is 11.8. The Hall–Kier alpha value is -2.24. The first-order chi connectivity index (χ1) is 11.7. The first-order valence-corrected chi connectivity index (χ1v) is 8.85. The van der Waals surface area contributed by atoms with Gasteiger partial charge in [0.15, 0.2) is 0 Å². The minimum absolute atomic E-state index is 0.129. The van der Waals surface area contributed by atoms with Gasteiger partial charge >= 0.3 is 12.1 Å². The van der Waals surface area contributed by atoms with Gasteiger partial charge in [0.1, 0.15) is 0 Å². The van der Waals surface area contributed by atoms with Crippen LogP contribution in [-0.4, -0.2) is 25.2 Å². The monoisotopic (exact) mass is 332 g/mol. The molecule has 6 heteroatoms. The number of benzene rings is 1. The molecular formula is C18H28N4O2. The lowest BCUT2D eigenvalue weighted by Gasteiger charge is -2.10. The van der Waals surface area contributed by atoms with Crippen LogP contribution < -0.4 is 21.3 Å². The Balaban J connectivity index is 1.89. The molecule has 0 spiro atoms. The van der Waals surface area contributed by atoms with Gasteiger partial charge in [-0.1, -0.05) is 49.9 Å². The molecule has 0 atom stereocenters. The van der Waals surface area contributed by atoms with Crippen molar-refractivity contribution in [1.29, 1.82) is 0 Å². The molecule has 0 saturated heterocycles. The van der Waals surface area contributed by atoms with Crippen molar-refractivity contribution in [3.8, 4) is 0 Å². The Labute approximate surface area is 143 Å². The fourth-order valence-electron chi connectivity index (χ4n) is 2.70. The first-order valence-electron chi connectivity index (χ1n) is 8.85. The van der Waals surface area contributed by atoms with Gasteiger partial charge in [-0.25, -0.2) is 9.59 Å². The predicted molar refractivity (Wildman–Crippen MR) is 94.6 cm³/mol. The molecule has 1 aliphatic rings. The zero-order valence-electron chi connectivity index (χ0n) is 14.2. The van der Waals surface area contributed by atoms with Gasteiger partial charge in [0, 0.05) is 26.2 Å². The van der Waals surface area contributed by atoms with E-state index in [4.69, 9.17) is 0 Å². The van der Waals surface area contributed by atoms with Crippen molar-refractivity contribution < 1.29 is 9.59 Å². The second-order valence-electron chi connectivity index (χ2n) is 6.16.